The van der Waals surface area contributed by atoms with Gasteiger partial charge in [0.15, 0.2) is 0 Å². The molecule has 1 N–H and O–H groups in total. The predicted octanol–water partition coefficient (Wildman–Crippen LogP) is 1.79. The first-order valence-corrected chi connectivity index (χ1v) is 7.98. The first-order valence-electron chi connectivity index (χ1n) is 7.10. The minimum atomic E-state index is 0.657. The quantitative estimate of drug-likeness (QED) is 0.895. The van der Waals surface area contributed by atoms with Gasteiger partial charge in [-0.3, -0.25) is 9.80 Å². The maximum absolute atomic E-state index is 3.43. The standard InChI is InChI=1S/C14H23N3S/c1-2-13(14-4-3-9-18-14)17-10-12(11-17)16-7-5-15-6-8-16/h3-4,9,12-13,15H,2,5-8,10-11H2,1H3. The molecule has 1 atom stereocenters. The molecule has 0 radical (unpaired) electrons. The second-order valence-corrected chi connectivity index (χ2v) is 6.31. The summed E-state index contributed by atoms with van der Waals surface area (Å²) in [5.41, 5.74) is 0. The number of piperazine rings is 1. The molecule has 3 nitrogen and oxygen atoms in total. The van der Waals surface area contributed by atoms with Crippen LogP contribution in [0.15, 0.2) is 17.5 Å². The first-order chi connectivity index (χ1) is 8.88. The summed E-state index contributed by atoms with van der Waals surface area (Å²) in [4.78, 5) is 6.85. The Balaban J connectivity index is 1.54. The Morgan fingerprint density at radius 2 is 2.17 bits per heavy atom. The molecule has 1 aromatic heterocycles. The molecular formula is C14H23N3S. The van der Waals surface area contributed by atoms with E-state index in [1.165, 1.54) is 50.6 Å². The molecule has 2 aliphatic heterocycles. The molecule has 0 aliphatic carbocycles. The lowest BCUT2D eigenvalue weighted by atomic mass is 10.0. The van der Waals surface area contributed by atoms with E-state index in [1.807, 2.05) is 11.3 Å². The van der Waals surface area contributed by atoms with Crippen molar-refractivity contribution in [2.24, 2.45) is 0 Å². The Hall–Kier alpha value is -0.420. The van der Waals surface area contributed by atoms with Gasteiger partial charge in [0.25, 0.3) is 0 Å². The van der Waals surface area contributed by atoms with Crippen LogP contribution in [0.5, 0.6) is 0 Å². The fourth-order valence-electron chi connectivity index (χ4n) is 3.14. The smallest absolute Gasteiger partial charge is 0.0440 e. The second kappa shape index (κ2) is 5.70. The van der Waals surface area contributed by atoms with Gasteiger partial charge in [0.2, 0.25) is 0 Å². The van der Waals surface area contributed by atoms with E-state index in [2.05, 4.69) is 39.6 Å². The topological polar surface area (TPSA) is 18.5 Å². The fraction of sp³-hybridized carbons (Fsp3) is 0.714. The molecule has 1 aromatic rings. The maximum Gasteiger partial charge on any atom is 0.0440 e. The summed E-state index contributed by atoms with van der Waals surface area (Å²) in [5.74, 6) is 0. The van der Waals surface area contributed by atoms with Gasteiger partial charge in [-0.1, -0.05) is 13.0 Å². The molecule has 2 fully saturated rings. The molecular weight excluding hydrogens is 242 g/mol. The third-order valence-corrected chi connectivity index (χ3v) is 5.23. The van der Waals surface area contributed by atoms with Crippen LogP contribution >= 0.6 is 11.3 Å². The van der Waals surface area contributed by atoms with Crippen molar-refractivity contribution in [3.63, 3.8) is 0 Å². The van der Waals surface area contributed by atoms with Crippen molar-refractivity contribution in [1.29, 1.82) is 0 Å². The van der Waals surface area contributed by atoms with Gasteiger partial charge < -0.3 is 5.32 Å². The van der Waals surface area contributed by atoms with Crippen molar-refractivity contribution < 1.29 is 0 Å². The van der Waals surface area contributed by atoms with E-state index in [-0.39, 0.29) is 0 Å². The van der Waals surface area contributed by atoms with Crippen molar-refractivity contribution in [3.05, 3.63) is 22.4 Å². The molecule has 0 amide bonds. The van der Waals surface area contributed by atoms with Crippen LogP contribution in [-0.2, 0) is 0 Å². The van der Waals surface area contributed by atoms with Gasteiger partial charge in [0.05, 0.1) is 0 Å². The van der Waals surface area contributed by atoms with Crippen LogP contribution in [0.1, 0.15) is 24.3 Å². The van der Waals surface area contributed by atoms with E-state index >= 15 is 0 Å². The molecule has 1 unspecified atom stereocenters. The molecule has 18 heavy (non-hydrogen) atoms. The third-order valence-electron chi connectivity index (χ3n) is 4.26. The summed E-state index contributed by atoms with van der Waals surface area (Å²) in [6.45, 7) is 9.62. The van der Waals surface area contributed by atoms with Crippen molar-refractivity contribution in [2.45, 2.75) is 25.4 Å². The average molecular weight is 265 g/mol. The highest BCUT2D eigenvalue weighted by Crippen LogP contribution is 2.32. The Bertz CT molecular complexity index is 353. The normalized spacial score (nSPS) is 24.9. The van der Waals surface area contributed by atoms with Crippen molar-refractivity contribution in [1.82, 2.24) is 15.1 Å². The van der Waals surface area contributed by atoms with Gasteiger partial charge in [-0.05, 0) is 17.9 Å². The highest BCUT2D eigenvalue weighted by atomic mass is 32.1. The first kappa shape index (κ1) is 12.6. The lowest BCUT2D eigenvalue weighted by Crippen LogP contribution is -2.63. The Labute approximate surface area is 114 Å². The van der Waals surface area contributed by atoms with Gasteiger partial charge in [0.1, 0.15) is 0 Å². The summed E-state index contributed by atoms with van der Waals surface area (Å²) < 4.78 is 0. The van der Waals surface area contributed by atoms with E-state index < -0.39 is 0 Å². The lowest BCUT2D eigenvalue weighted by Gasteiger charge is -2.49. The highest BCUT2D eigenvalue weighted by Gasteiger charge is 2.36. The summed E-state index contributed by atoms with van der Waals surface area (Å²) in [6.07, 6.45) is 1.23. The van der Waals surface area contributed by atoms with Crippen LogP contribution in [-0.4, -0.2) is 55.1 Å². The summed E-state index contributed by atoms with van der Waals surface area (Å²) in [5, 5.41) is 5.63. The van der Waals surface area contributed by atoms with E-state index in [9.17, 15) is 0 Å². The molecule has 2 aliphatic rings. The summed E-state index contributed by atoms with van der Waals surface area (Å²) in [6, 6.07) is 5.93. The second-order valence-electron chi connectivity index (χ2n) is 5.33. The van der Waals surface area contributed by atoms with Crippen LogP contribution in [0.2, 0.25) is 0 Å². The van der Waals surface area contributed by atoms with Crippen LogP contribution in [0.25, 0.3) is 0 Å². The number of hydrogen-bond acceptors (Lipinski definition) is 4. The van der Waals surface area contributed by atoms with Crippen LogP contribution in [0.4, 0.5) is 0 Å². The fourth-order valence-corrected chi connectivity index (χ4v) is 4.09. The Morgan fingerprint density at radius 3 is 2.78 bits per heavy atom. The van der Waals surface area contributed by atoms with Crippen LogP contribution in [0, 0.1) is 0 Å². The summed E-state index contributed by atoms with van der Waals surface area (Å²) in [7, 11) is 0. The molecule has 0 spiro atoms. The molecule has 3 rings (SSSR count). The van der Waals surface area contributed by atoms with E-state index in [0.29, 0.717) is 6.04 Å². The maximum atomic E-state index is 3.43. The Kier molecular flexibility index (Phi) is 3.99. The summed E-state index contributed by atoms with van der Waals surface area (Å²) >= 11 is 1.90. The number of thiophene rings is 1. The molecule has 100 valence electrons. The molecule has 0 saturated carbocycles. The van der Waals surface area contributed by atoms with Gasteiger partial charge in [-0.2, -0.15) is 0 Å². The number of rotatable bonds is 4. The largest absolute Gasteiger partial charge is 0.314 e. The van der Waals surface area contributed by atoms with E-state index in [4.69, 9.17) is 0 Å². The zero-order chi connectivity index (χ0) is 12.4. The number of hydrogen-bond donors (Lipinski definition) is 1. The van der Waals surface area contributed by atoms with Gasteiger partial charge in [0, 0.05) is 56.2 Å². The molecule has 3 heterocycles. The van der Waals surface area contributed by atoms with Crippen LogP contribution in [0.3, 0.4) is 0 Å². The minimum Gasteiger partial charge on any atom is -0.314 e. The number of nitrogens with one attached hydrogen (secondary N) is 1. The SMILES string of the molecule is CCC(c1cccs1)N1CC(N2CCNCC2)C1. The van der Waals surface area contributed by atoms with Gasteiger partial charge in [-0.15, -0.1) is 11.3 Å². The minimum absolute atomic E-state index is 0.657. The zero-order valence-corrected chi connectivity index (χ0v) is 12.0. The number of nitrogens with zero attached hydrogens (tertiary/aromatic N) is 2. The third kappa shape index (κ3) is 2.48. The van der Waals surface area contributed by atoms with Crippen molar-refractivity contribution >= 4 is 11.3 Å². The molecule has 2 saturated heterocycles. The van der Waals surface area contributed by atoms with Crippen molar-refractivity contribution in [2.75, 3.05) is 39.3 Å². The predicted molar refractivity (Wildman–Crippen MR) is 77.2 cm³/mol. The molecule has 4 heteroatoms. The lowest BCUT2D eigenvalue weighted by molar-refractivity contribution is -0.00141. The van der Waals surface area contributed by atoms with Gasteiger partial charge in [-0.25, -0.2) is 0 Å². The van der Waals surface area contributed by atoms with Crippen LogP contribution < -0.4 is 5.32 Å². The monoisotopic (exact) mass is 265 g/mol. The van der Waals surface area contributed by atoms with Crippen molar-refractivity contribution in [3.8, 4) is 0 Å². The average Bonchev–Trinajstić information content (AvgIpc) is 2.87. The Morgan fingerprint density at radius 1 is 1.39 bits per heavy atom. The van der Waals surface area contributed by atoms with E-state index in [0.717, 1.165) is 6.04 Å². The van der Waals surface area contributed by atoms with E-state index in [1.54, 1.807) is 0 Å². The molecule has 0 aromatic carbocycles. The number of likely N-dealkylation sites (tertiary alicyclic amines) is 1. The highest BCUT2D eigenvalue weighted by molar-refractivity contribution is 7.10. The molecule has 0 bridgehead atoms. The van der Waals surface area contributed by atoms with Gasteiger partial charge >= 0.3 is 0 Å². The zero-order valence-electron chi connectivity index (χ0n) is 11.1.